The van der Waals surface area contributed by atoms with Crippen LogP contribution in [0.25, 0.3) is 22.5 Å². The molecule has 0 saturated carbocycles. The van der Waals surface area contributed by atoms with Gasteiger partial charge < -0.3 is 4.18 Å². The number of aryl methyl sites for hydroxylation is 4. The lowest BCUT2D eigenvalue weighted by Gasteiger charge is -2.11. The highest BCUT2D eigenvalue weighted by molar-refractivity contribution is 7.87. The molecule has 0 aliphatic heterocycles. The van der Waals surface area contributed by atoms with Crippen molar-refractivity contribution in [1.82, 2.24) is 19.6 Å². The first-order valence-corrected chi connectivity index (χ1v) is 18.1. The fraction of sp³-hybridized carbons (Fsp3) is 0.300. The first-order chi connectivity index (χ1) is 25.0. The second-order valence-electron chi connectivity index (χ2n) is 14.7. The topological polar surface area (TPSA) is 165 Å². The van der Waals surface area contributed by atoms with Crippen LogP contribution in [0.4, 0.5) is 11.4 Å². The van der Waals surface area contributed by atoms with Gasteiger partial charge in [-0.25, -0.2) is 0 Å². The summed E-state index contributed by atoms with van der Waals surface area (Å²) in [5.74, 6) is 12.4. The first kappa shape index (κ1) is 40.5. The zero-order valence-corrected chi connectivity index (χ0v) is 32.7. The summed E-state index contributed by atoms with van der Waals surface area (Å²) in [7, 11) is -0.671. The molecule has 54 heavy (non-hydrogen) atoms. The van der Waals surface area contributed by atoms with Crippen LogP contribution >= 0.6 is 0 Å². The van der Waals surface area contributed by atoms with Gasteiger partial charge in [-0.05, 0) is 79.2 Å². The van der Waals surface area contributed by atoms with Crippen LogP contribution in [0.3, 0.4) is 0 Å². The number of hydrogen-bond donors (Lipinski definition) is 0. The third-order valence-corrected chi connectivity index (χ3v) is 8.68. The van der Waals surface area contributed by atoms with Crippen molar-refractivity contribution in [1.29, 1.82) is 0 Å². The molecule has 13 nitrogen and oxygen atoms in total. The molecular weight excluding hydrogens is 709 g/mol. The Morgan fingerprint density at radius 3 is 1.59 bits per heavy atom. The highest BCUT2D eigenvalue weighted by atomic mass is 32.2. The van der Waals surface area contributed by atoms with Gasteiger partial charge in [-0.15, -0.1) is 0 Å². The molecule has 0 aliphatic carbocycles. The van der Waals surface area contributed by atoms with E-state index in [0.29, 0.717) is 17.0 Å². The smallest absolute Gasteiger partial charge is 0.339 e. The second-order valence-corrected chi connectivity index (χ2v) is 16.2. The summed E-state index contributed by atoms with van der Waals surface area (Å²) in [5, 5.41) is 31.2. The van der Waals surface area contributed by atoms with E-state index in [-0.39, 0.29) is 38.4 Å². The zero-order chi connectivity index (χ0) is 40.2. The summed E-state index contributed by atoms with van der Waals surface area (Å²) in [6.45, 7) is 15.7. The Labute approximate surface area is 315 Å². The molecule has 14 heteroatoms. The molecule has 5 aromatic rings. The third-order valence-electron chi connectivity index (χ3n) is 7.43. The number of rotatable bonds is 7. The van der Waals surface area contributed by atoms with Crippen molar-refractivity contribution in [2.45, 2.75) is 60.3 Å². The quantitative estimate of drug-likeness (QED) is 0.0690. The fourth-order valence-electron chi connectivity index (χ4n) is 4.81. The van der Waals surface area contributed by atoms with Crippen molar-refractivity contribution in [3.8, 4) is 51.9 Å². The molecule has 2 heterocycles. The Hall–Kier alpha value is -6.25. The number of nitro benzene ring substituents is 2. The second kappa shape index (κ2) is 15.8. The van der Waals surface area contributed by atoms with Gasteiger partial charge in [-0.3, -0.25) is 29.6 Å². The van der Waals surface area contributed by atoms with Crippen LogP contribution < -0.4 is 4.18 Å². The van der Waals surface area contributed by atoms with E-state index in [2.05, 4.69) is 33.9 Å². The minimum Gasteiger partial charge on any atom is -0.378 e. The van der Waals surface area contributed by atoms with Gasteiger partial charge in [-0.1, -0.05) is 47.4 Å². The van der Waals surface area contributed by atoms with E-state index < -0.39 is 20.0 Å². The highest BCUT2D eigenvalue weighted by Crippen LogP contribution is 2.36. The fourth-order valence-corrected chi connectivity index (χ4v) is 5.75. The summed E-state index contributed by atoms with van der Waals surface area (Å²) in [6, 6.07) is 14.7. The van der Waals surface area contributed by atoms with Crippen LogP contribution in [0.2, 0.25) is 0 Å². The molecule has 0 bridgehead atoms. The van der Waals surface area contributed by atoms with Gasteiger partial charge in [0.05, 0.1) is 26.5 Å². The van der Waals surface area contributed by atoms with Gasteiger partial charge in [-0.2, -0.15) is 18.6 Å². The Kier molecular flexibility index (Phi) is 11.8. The first-order valence-electron chi connectivity index (χ1n) is 16.7. The van der Waals surface area contributed by atoms with Crippen molar-refractivity contribution >= 4 is 21.5 Å². The molecule has 0 radical (unpaired) electrons. The molecule has 0 unspecified atom stereocenters. The molecule has 5 rings (SSSR count). The summed E-state index contributed by atoms with van der Waals surface area (Å²) < 4.78 is 34.3. The molecule has 0 saturated heterocycles. The number of aromatic nitrogens is 4. The standard InChI is InChI=1S/C23H23N3O5S.C17H19N3O2/c1-16-6-9-19(10-7-16)32(29,30)31-21-11-8-18(26(27)28)14-20(21)22-17(15-25(5)24-22)12-13-23(2,3)4;1-12-6-7-14(20(21)22)10-15(12)16-13(11-19(5)18-16)8-9-17(2,3)4/h6-11,14-15H,1-5H3;6-7,10-11H,1-5H3. The van der Waals surface area contributed by atoms with Crippen LogP contribution in [0, 0.1) is 68.6 Å². The Morgan fingerprint density at radius 1 is 0.685 bits per heavy atom. The van der Waals surface area contributed by atoms with Gasteiger partial charge in [0.25, 0.3) is 11.4 Å². The molecule has 0 N–H and O–H groups in total. The third kappa shape index (κ3) is 10.6. The summed E-state index contributed by atoms with van der Waals surface area (Å²) in [5.41, 5.74) is 4.42. The summed E-state index contributed by atoms with van der Waals surface area (Å²) >= 11 is 0. The average molecular weight is 751 g/mol. The maximum absolute atomic E-state index is 12.9. The van der Waals surface area contributed by atoms with E-state index in [9.17, 15) is 28.6 Å². The van der Waals surface area contributed by atoms with Crippen LogP contribution in [0.15, 0.2) is 78.0 Å². The zero-order valence-electron chi connectivity index (χ0n) is 31.9. The van der Waals surface area contributed by atoms with Crippen LogP contribution in [-0.2, 0) is 24.2 Å². The molecule has 0 atom stereocenters. The molecule has 3 aromatic carbocycles. The van der Waals surface area contributed by atoms with Gasteiger partial charge in [0.15, 0.2) is 5.75 Å². The molecule has 280 valence electrons. The molecule has 0 fully saturated rings. The van der Waals surface area contributed by atoms with Crippen molar-refractivity contribution in [2.24, 2.45) is 24.9 Å². The van der Waals surface area contributed by atoms with Gasteiger partial charge >= 0.3 is 10.1 Å². The predicted molar refractivity (Wildman–Crippen MR) is 207 cm³/mol. The maximum Gasteiger partial charge on any atom is 0.339 e. The lowest BCUT2D eigenvalue weighted by molar-refractivity contribution is -0.385. The Balaban J connectivity index is 0.000000258. The van der Waals surface area contributed by atoms with Crippen molar-refractivity contribution in [3.63, 3.8) is 0 Å². The number of non-ortho nitro benzene ring substituents is 2. The molecule has 0 aliphatic rings. The predicted octanol–water partition coefficient (Wildman–Crippen LogP) is 8.17. The van der Waals surface area contributed by atoms with Crippen molar-refractivity contribution in [2.75, 3.05) is 0 Å². The highest BCUT2D eigenvalue weighted by Gasteiger charge is 2.24. The van der Waals surface area contributed by atoms with E-state index in [1.165, 1.54) is 41.1 Å². The molecule has 2 aromatic heterocycles. The van der Waals surface area contributed by atoms with E-state index in [4.69, 9.17) is 4.18 Å². The SMILES string of the molecule is Cc1ccc(S(=O)(=O)Oc2ccc([N+](=O)[O-])cc2-c2nn(C)cc2C#CC(C)(C)C)cc1.Cc1ccc([N+](=O)[O-])cc1-c1nn(C)cc1C#CC(C)(C)C. The normalized spacial score (nSPS) is 11.3. The largest absolute Gasteiger partial charge is 0.378 e. The molecular formula is C40H42N6O7S. The van der Waals surface area contributed by atoms with Crippen LogP contribution in [0.1, 0.15) is 63.8 Å². The Bertz CT molecular complexity index is 2460. The summed E-state index contributed by atoms with van der Waals surface area (Å²) in [4.78, 5) is 21.4. The van der Waals surface area contributed by atoms with E-state index in [1.54, 1.807) is 42.2 Å². The van der Waals surface area contributed by atoms with Gasteiger partial charge in [0.1, 0.15) is 16.3 Å². The minimum atomic E-state index is -4.18. The summed E-state index contributed by atoms with van der Waals surface area (Å²) in [6.07, 6.45) is 3.51. The molecule has 0 amide bonds. The average Bonchev–Trinajstić information content (AvgIpc) is 3.63. The number of nitrogens with zero attached hydrogens (tertiary/aromatic N) is 6. The van der Waals surface area contributed by atoms with E-state index in [1.807, 2.05) is 68.6 Å². The number of hydrogen-bond acceptors (Lipinski definition) is 9. The van der Waals surface area contributed by atoms with Crippen molar-refractivity contribution in [3.05, 3.63) is 116 Å². The van der Waals surface area contributed by atoms with Crippen molar-refractivity contribution < 1.29 is 22.4 Å². The number of nitro groups is 2. The van der Waals surface area contributed by atoms with E-state index >= 15 is 0 Å². The Morgan fingerprint density at radius 2 is 1.13 bits per heavy atom. The maximum atomic E-state index is 12.9. The van der Waals surface area contributed by atoms with Crippen LogP contribution in [0.5, 0.6) is 5.75 Å². The lowest BCUT2D eigenvalue weighted by Crippen LogP contribution is -2.10. The van der Waals surface area contributed by atoms with Gasteiger partial charge in [0.2, 0.25) is 0 Å². The lowest BCUT2D eigenvalue weighted by atomic mass is 9.96. The number of benzene rings is 3. The monoisotopic (exact) mass is 750 g/mol. The van der Waals surface area contributed by atoms with Crippen LogP contribution in [-0.4, -0.2) is 37.8 Å². The van der Waals surface area contributed by atoms with Gasteiger partial charge in [0, 0.05) is 67.1 Å². The molecule has 0 spiro atoms. The minimum absolute atomic E-state index is 0.0267. The van der Waals surface area contributed by atoms with E-state index in [0.717, 1.165) is 22.3 Å².